The SMILES string of the molecule is CC(C)CN1CCN(C(C)C(=O)N2CCCC2)CC1. The maximum absolute atomic E-state index is 12.4. The van der Waals surface area contributed by atoms with Crippen LogP contribution in [0.1, 0.15) is 33.6 Å². The number of nitrogens with zero attached hydrogens (tertiary/aromatic N) is 3. The zero-order valence-electron chi connectivity index (χ0n) is 12.8. The van der Waals surface area contributed by atoms with Crippen LogP contribution < -0.4 is 0 Å². The summed E-state index contributed by atoms with van der Waals surface area (Å²) in [6, 6.07) is 0.0688. The Morgan fingerprint density at radius 1 is 0.947 bits per heavy atom. The first-order valence-electron chi connectivity index (χ1n) is 7.83. The fourth-order valence-electron chi connectivity index (χ4n) is 3.21. The van der Waals surface area contributed by atoms with Gasteiger partial charge in [-0.3, -0.25) is 9.69 Å². The molecule has 2 aliphatic heterocycles. The van der Waals surface area contributed by atoms with Crippen molar-refractivity contribution in [1.82, 2.24) is 14.7 Å². The van der Waals surface area contributed by atoms with Crippen molar-refractivity contribution in [1.29, 1.82) is 0 Å². The summed E-state index contributed by atoms with van der Waals surface area (Å²) >= 11 is 0. The highest BCUT2D eigenvalue weighted by atomic mass is 16.2. The van der Waals surface area contributed by atoms with Crippen molar-refractivity contribution >= 4 is 5.91 Å². The summed E-state index contributed by atoms with van der Waals surface area (Å²) in [7, 11) is 0. The van der Waals surface area contributed by atoms with Crippen LogP contribution in [0.3, 0.4) is 0 Å². The van der Waals surface area contributed by atoms with E-state index in [-0.39, 0.29) is 6.04 Å². The predicted molar refractivity (Wildman–Crippen MR) is 78.1 cm³/mol. The Hall–Kier alpha value is -0.610. The summed E-state index contributed by atoms with van der Waals surface area (Å²) < 4.78 is 0. The quantitative estimate of drug-likeness (QED) is 0.767. The topological polar surface area (TPSA) is 26.8 Å². The average Bonchev–Trinajstić information content (AvgIpc) is 2.91. The normalized spacial score (nSPS) is 24.1. The highest BCUT2D eigenvalue weighted by Gasteiger charge is 2.29. The summed E-state index contributed by atoms with van der Waals surface area (Å²) in [6.45, 7) is 14.0. The minimum absolute atomic E-state index is 0.0688. The molecule has 2 saturated heterocycles. The molecule has 1 atom stereocenters. The molecule has 4 heteroatoms. The lowest BCUT2D eigenvalue weighted by molar-refractivity contribution is -0.136. The lowest BCUT2D eigenvalue weighted by Crippen LogP contribution is -2.54. The fraction of sp³-hybridized carbons (Fsp3) is 0.933. The molecule has 0 saturated carbocycles. The molecule has 0 aromatic carbocycles. The third-order valence-electron chi connectivity index (χ3n) is 4.35. The van der Waals surface area contributed by atoms with Crippen LogP contribution in [-0.4, -0.2) is 72.5 Å². The van der Waals surface area contributed by atoms with E-state index >= 15 is 0 Å². The molecular formula is C15H29N3O. The minimum Gasteiger partial charge on any atom is -0.341 e. The van der Waals surface area contributed by atoms with Crippen molar-refractivity contribution in [2.24, 2.45) is 5.92 Å². The third-order valence-corrected chi connectivity index (χ3v) is 4.35. The largest absolute Gasteiger partial charge is 0.341 e. The number of carbonyl (C=O) groups is 1. The van der Waals surface area contributed by atoms with E-state index in [0.717, 1.165) is 45.2 Å². The molecule has 0 N–H and O–H groups in total. The van der Waals surface area contributed by atoms with Gasteiger partial charge in [-0.05, 0) is 25.7 Å². The second-order valence-corrected chi connectivity index (χ2v) is 6.44. The van der Waals surface area contributed by atoms with Crippen LogP contribution in [0.15, 0.2) is 0 Å². The number of rotatable bonds is 4. The van der Waals surface area contributed by atoms with Crippen molar-refractivity contribution in [2.75, 3.05) is 45.8 Å². The standard InChI is InChI=1S/C15H29N3O/c1-13(2)12-16-8-10-17(11-9-16)14(3)15(19)18-6-4-5-7-18/h13-14H,4-12H2,1-3H3. The van der Waals surface area contributed by atoms with Gasteiger partial charge in [-0.25, -0.2) is 0 Å². The van der Waals surface area contributed by atoms with Crippen molar-refractivity contribution in [3.05, 3.63) is 0 Å². The van der Waals surface area contributed by atoms with Crippen LogP contribution in [0, 0.1) is 5.92 Å². The van der Waals surface area contributed by atoms with Crippen LogP contribution in [-0.2, 0) is 4.79 Å². The second kappa shape index (κ2) is 6.71. The van der Waals surface area contributed by atoms with E-state index < -0.39 is 0 Å². The smallest absolute Gasteiger partial charge is 0.239 e. The monoisotopic (exact) mass is 267 g/mol. The van der Waals surface area contributed by atoms with Gasteiger partial charge in [-0.2, -0.15) is 0 Å². The minimum atomic E-state index is 0.0688. The van der Waals surface area contributed by atoms with Gasteiger partial charge in [0.25, 0.3) is 0 Å². The van der Waals surface area contributed by atoms with E-state index in [0.29, 0.717) is 5.91 Å². The average molecular weight is 267 g/mol. The van der Waals surface area contributed by atoms with Crippen molar-refractivity contribution < 1.29 is 4.79 Å². The number of amides is 1. The first-order chi connectivity index (χ1) is 9.08. The van der Waals surface area contributed by atoms with Gasteiger partial charge in [0.1, 0.15) is 0 Å². The summed E-state index contributed by atoms with van der Waals surface area (Å²) in [6.07, 6.45) is 2.36. The van der Waals surface area contributed by atoms with Crippen LogP contribution in [0.2, 0.25) is 0 Å². The van der Waals surface area contributed by atoms with E-state index in [2.05, 4.69) is 30.6 Å². The van der Waals surface area contributed by atoms with Crippen molar-refractivity contribution in [3.8, 4) is 0 Å². The summed E-state index contributed by atoms with van der Waals surface area (Å²) in [5, 5.41) is 0. The Labute approximate surface area is 117 Å². The number of likely N-dealkylation sites (tertiary alicyclic amines) is 1. The van der Waals surface area contributed by atoms with E-state index in [1.165, 1.54) is 19.4 Å². The van der Waals surface area contributed by atoms with Crippen molar-refractivity contribution in [2.45, 2.75) is 39.7 Å². The van der Waals surface area contributed by atoms with Crippen LogP contribution >= 0.6 is 0 Å². The molecule has 0 bridgehead atoms. The van der Waals surface area contributed by atoms with Gasteiger partial charge in [0.15, 0.2) is 0 Å². The molecule has 4 nitrogen and oxygen atoms in total. The lowest BCUT2D eigenvalue weighted by Gasteiger charge is -2.39. The van der Waals surface area contributed by atoms with Gasteiger partial charge in [0.2, 0.25) is 5.91 Å². The molecule has 2 rings (SSSR count). The first-order valence-corrected chi connectivity index (χ1v) is 7.83. The number of hydrogen-bond acceptors (Lipinski definition) is 3. The summed E-state index contributed by atoms with van der Waals surface area (Å²) in [5.41, 5.74) is 0. The highest BCUT2D eigenvalue weighted by Crippen LogP contribution is 2.14. The van der Waals surface area contributed by atoms with Crippen molar-refractivity contribution in [3.63, 3.8) is 0 Å². The van der Waals surface area contributed by atoms with E-state index in [1.54, 1.807) is 0 Å². The summed E-state index contributed by atoms with van der Waals surface area (Å²) in [4.78, 5) is 19.3. The number of piperazine rings is 1. The highest BCUT2D eigenvalue weighted by molar-refractivity contribution is 5.81. The van der Waals surface area contributed by atoms with Gasteiger partial charge in [-0.15, -0.1) is 0 Å². The van der Waals surface area contributed by atoms with Crippen LogP contribution in [0.4, 0.5) is 0 Å². The molecule has 19 heavy (non-hydrogen) atoms. The van der Waals surface area contributed by atoms with E-state index in [9.17, 15) is 4.79 Å². The third kappa shape index (κ3) is 3.93. The molecule has 2 heterocycles. The Balaban J connectivity index is 1.78. The van der Waals surface area contributed by atoms with Gasteiger partial charge in [0.05, 0.1) is 6.04 Å². The molecule has 2 fully saturated rings. The molecule has 0 aromatic heterocycles. The van der Waals surface area contributed by atoms with Gasteiger partial charge < -0.3 is 9.80 Å². The Bertz CT molecular complexity index is 292. The van der Waals surface area contributed by atoms with Crippen LogP contribution in [0.25, 0.3) is 0 Å². The molecule has 1 amide bonds. The molecule has 110 valence electrons. The summed E-state index contributed by atoms with van der Waals surface area (Å²) in [5.74, 6) is 1.07. The maximum atomic E-state index is 12.4. The zero-order chi connectivity index (χ0) is 13.8. The fourth-order valence-corrected chi connectivity index (χ4v) is 3.21. The Morgan fingerprint density at radius 2 is 1.53 bits per heavy atom. The Morgan fingerprint density at radius 3 is 2.05 bits per heavy atom. The molecule has 1 unspecified atom stereocenters. The van der Waals surface area contributed by atoms with E-state index in [4.69, 9.17) is 0 Å². The Kier molecular flexibility index (Phi) is 5.22. The number of carbonyl (C=O) groups excluding carboxylic acids is 1. The van der Waals surface area contributed by atoms with Gasteiger partial charge in [0, 0.05) is 45.8 Å². The maximum Gasteiger partial charge on any atom is 0.239 e. The van der Waals surface area contributed by atoms with Crippen LogP contribution in [0.5, 0.6) is 0 Å². The number of hydrogen-bond donors (Lipinski definition) is 0. The molecule has 0 aliphatic carbocycles. The molecular weight excluding hydrogens is 238 g/mol. The molecule has 2 aliphatic rings. The molecule has 0 radical (unpaired) electrons. The second-order valence-electron chi connectivity index (χ2n) is 6.44. The van der Waals surface area contributed by atoms with E-state index in [1.807, 2.05) is 4.90 Å². The van der Waals surface area contributed by atoms with Gasteiger partial charge >= 0.3 is 0 Å². The molecule has 0 aromatic rings. The van der Waals surface area contributed by atoms with Gasteiger partial charge in [-0.1, -0.05) is 13.8 Å². The first kappa shape index (κ1) is 14.8. The predicted octanol–water partition coefficient (Wildman–Crippen LogP) is 1.27. The molecule has 0 spiro atoms. The zero-order valence-corrected chi connectivity index (χ0v) is 12.8. The lowest BCUT2D eigenvalue weighted by atomic mass is 10.1.